The van der Waals surface area contributed by atoms with Gasteiger partial charge in [0, 0.05) is 33.7 Å². The molecule has 4 fully saturated rings. The zero-order valence-corrected chi connectivity index (χ0v) is 23.3. The molecular formula is C32H31O7S+. The number of hydrogen-bond acceptors (Lipinski definition) is 6. The van der Waals surface area contributed by atoms with Gasteiger partial charge in [0.1, 0.15) is 11.2 Å². The van der Waals surface area contributed by atoms with Gasteiger partial charge in [-0.1, -0.05) is 24.3 Å². The molecule has 1 aromatic heterocycles. The minimum atomic E-state index is -1.08. The van der Waals surface area contributed by atoms with Crippen molar-refractivity contribution in [3.8, 4) is 16.4 Å². The Labute approximate surface area is 234 Å². The summed E-state index contributed by atoms with van der Waals surface area (Å²) in [6, 6.07) is 17.5. The van der Waals surface area contributed by atoms with Crippen LogP contribution in [0, 0.1) is 18.8 Å². The highest BCUT2D eigenvalue weighted by molar-refractivity contribution is 7.50. The first-order valence-electron chi connectivity index (χ1n) is 13.7. The van der Waals surface area contributed by atoms with Crippen LogP contribution >= 0.6 is 10.5 Å². The number of hydrogen-bond donors (Lipinski definition) is 2. The summed E-state index contributed by atoms with van der Waals surface area (Å²) in [4.78, 5) is 26.6. The maximum absolute atomic E-state index is 13.4. The second kappa shape index (κ2) is 8.94. The number of ether oxygens (including phenoxy) is 3. The number of aliphatic hydroxyl groups is 1. The maximum Gasteiger partial charge on any atom is 0.514 e. The lowest BCUT2D eigenvalue weighted by Gasteiger charge is -2.58. The molecule has 4 saturated carbocycles. The van der Waals surface area contributed by atoms with Crippen LogP contribution in [0.25, 0.3) is 25.1 Å². The van der Waals surface area contributed by atoms with Crippen LogP contribution in [-0.4, -0.2) is 40.6 Å². The van der Waals surface area contributed by atoms with Crippen molar-refractivity contribution in [1.29, 1.82) is 0 Å². The summed E-state index contributed by atoms with van der Waals surface area (Å²) < 4.78 is 19.5. The van der Waals surface area contributed by atoms with Gasteiger partial charge in [0.25, 0.3) is 0 Å². The third kappa shape index (κ3) is 3.88. The summed E-state index contributed by atoms with van der Waals surface area (Å²) in [7, 11) is 0.688. The fourth-order valence-corrected chi connectivity index (χ4v) is 10.7. The standard InChI is InChI=1S/C32H30O7S/c1-18-27(38-30(35)39-32-15-19-11-20(16-32)14-31(36,13-19)17-32)24(37-2)12-23(29(33)34)28(18)40-25-9-5-3-7-21(25)22-8-4-6-10-26(22)40/h3-10,12,19-20,36H,11,13-17H2,1-2H3/p+1. The molecule has 3 aromatic carbocycles. The summed E-state index contributed by atoms with van der Waals surface area (Å²) in [5, 5.41) is 23.5. The third-order valence-electron chi connectivity index (χ3n) is 9.05. The van der Waals surface area contributed by atoms with Gasteiger partial charge in [-0.3, -0.25) is 0 Å². The molecule has 8 rings (SSSR count). The second-order valence-electron chi connectivity index (χ2n) is 11.8. The Morgan fingerprint density at radius 3 is 2.10 bits per heavy atom. The van der Waals surface area contributed by atoms with Crippen LogP contribution < -0.4 is 9.47 Å². The number of aromatic carboxylic acids is 1. The number of benzene rings is 3. The van der Waals surface area contributed by atoms with E-state index in [4.69, 9.17) is 14.2 Å². The van der Waals surface area contributed by atoms with Crippen LogP contribution in [0.4, 0.5) is 4.79 Å². The number of carbonyl (C=O) groups excluding carboxylic acids is 1. The van der Waals surface area contributed by atoms with Gasteiger partial charge in [0.2, 0.25) is 4.90 Å². The van der Waals surface area contributed by atoms with Crippen molar-refractivity contribution in [2.45, 2.75) is 56.7 Å². The number of carboxylic acid groups (broad SMARTS) is 1. The summed E-state index contributed by atoms with van der Waals surface area (Å²) in [5.74, 6) is -0.0722. The predicted molar refractivity (Wildman–Crippen MR) is 153 cm³/mol. The minimum Gasteiger partial charge on any atom is -0.493 e. The number of fused-ring (bicyclic) bond motifs is 3. The van der Waals surface area contributed by atoms with Crippen molar-refractivity contribution in [1.82, 2.24) is 0 Å². The summed E-state index contributed by atoms with van der Waals surface area (Å²) in [5.41, 5.74) is -0.883. The number of thiophene rings is 1. The first-order valence-corrected chi connectivity index (χ1v) is 14.9. The third-order valence-corrected chi connectivity index (χ3v) is 11.6. The van der Waals surface area contributed by atoms with E-state index in [9.17, 15) is 19.8 Å². The van der Waals surface area contributed by atoms with Gasteiger partial charge in [-0.05, 0) is 75.1 Å². The quantitative estimate of drug-likeness (QED) is 0.150. The molecule has 0 spiro atoms. The molecule has 4 bridgehead atoms. The first-order chi connectivity index (χ1) is 19.2. The molecular weight excluding hydrogens is 528 g/mol. The highest BCUT2D eigenvalue weighted by atomic mass is 32.2. The van der Waals surface area contributed by atoms with E-state index in [1.54, 1.807) is 6.92 Å². The van der Waals surface area contributed by atoms with Crippen molar-refractivity contribution < 1.29 is 34.0 Å². The molecule has 206 valence electrons. The molecule has 8 heteroatoms. The number of carboxylic acids is 1. The van der Waals surface area contributed by atoms with E-state index in [1.165, 1.54) is 13.2 Å². The molecule has 2 unspecified atom stereocenters. The average molecular weight is 560 g/mol. The van der Waals surface area contributed by atoms with Gasteiger partial charge in [0.15, 0.2) is 20.9 Å². The van der Waals surface area contributed by atoms with E-state index >= 15 is 0 Å². The molecule has 0 saturated heterocycles. The van der Waals surface area contributed by atoms with Gasteiger partial charge in [-0.2, -0.15) is 0 Å². The normalized spacial score (nSPS) is 26.8. The molecule has 7 nitrogen and oxygen atoms in total. The summed E-state index contributed by atoms with van der Waals surface area (Å²) >= 11 is 0. The van der Waals surface area contributed by atoms with E-state index in [0.717, 1.165) is 52.3 Å². The van der Waals surface area contributed by atoms with Crippen molar-refractivity contribution in [3.05, 3.63) is 65.7 Å². The molecule has 2 atom stereocenters. The smallest absolute Gasteiger partial charge is 0.493 e. The van der Waals surface area contributed by atoms with Gasteiger partial charge in [0.05, 0.1) is 18.3 Å². The molecule has 4 aliphatic rings. The Balaban J connectivity index is 1.33. The summed E-state index contributed by atoms with van der Waals surface area (Å²) in [6.07, 6.45) is 3.65. The lowest BCUT2D eigenvalue weighted by Crippen LogP contribution is -2.60. The van der Waals surface area contributed by atoms with Crippen LogP contribution in [0.1, 0.15) is 54.4 Å². The van der Waals surface area contributed by atoms with E-state index in [2.05, 4.69) is 12.1 Å². The highest BCUT2D eigenvalue weighted by Crippen LogP contribution is 2.59. The molecule has 0 aliphatic heterocycles. The number of rotatable bonds is 5. The topological polar surface area (TPSA) is 102 Å². The van der Waals surface area contributed by atoms with E-state index in [0.29, 0.717) is 28.7 Å². The lowest BCUT2D eigenvalue weighted by molar-refractivity contribution is -0.202. The van der Waals surface area contributed by atoms with E-state index in [-0.39, 0.29) is 17.1 Å². The second-order valence-corrected chi connectivity index (χ2v) is 13.7. The van der Waals surface area contributed by atoms with E-state index < -0.39 is 33.8 Å². The SMILES string of the molecule is COc1cc(C(=O)O)c(-[s+]2c3ccccc3c3ccccc32)c(C)c1OC(=O)OC12CC3CC(CC(O)(C3)C1)C2. The zero-order valence-electron chi connectivity index (χ0n) is 22.4. The molecule has 40 heavy (non-hydrogen) atoms. The van der Waals surface area contributed by atoms with Crippen molar-refractivity contribution in [3.63, 3.8) is 0 Å². The monoisotopic (exact) mass is 559 g/mol. The van der Waals surface area contributed by atoms with Gasteiger partial charge in [-0.25, -0.2) is 9.59 Å². The number of methoxy groups -OCH3 is 1. The minimum absolute atomic E-state index is 0.105. The zero-order chi connectivity index (χ0) is 27.8. The predicted octanol–water partition coefficient (Wildman–Crippen LogP) is 7.35. The Bertz CT molecular complexity index is 1640. The van der Waals surface area contributed by atoms with Crippen LogP contribution in [0.3, 0.4) is 0 Å². The van der Waals surface area contributed by atoms with Crippen LogP contribution in [0.2, 0.25) is 0 Å². The fourth-order valence-electron chi connectivity index (χ4n) is 8.06. The van der Waals surface area contributed by atoms with Crippen molar-refractivity contribution in [2.24, 2.45) is 11.8 Å². The summed E-state index contributed by atoms with van der Waals surface area (Å²) in [6.45, 7) is 1.77. The Morgan fingerprint density at radius 2 is 1.55 bits per heavy atom. The molecule has 0 radical (unpaired) electrons. The first kappa shape index (κ1) is 25.4. The van der Waals surface area contributed by atoms with E-state index in [1.807, 2.05) is 36.4 Å². The highest BCUT2D eigenvalue weighted by Gasteiger charge is 2.59. The Hall–Kier alpha value is -3.62. The number of carbonyl (C=O) groups is 2. The van der Waals surface area contributed by atoms with Crippen molar-refractivity contribution in [2.75, 3.05) is 7.11 Å². The van der Waals surface area contributed by atoms with Crippen molar-refractivity contribution >= 4 is 42.8 Å². The molecule has 0 amide bonds. The molecule has 4 aromatic rings. The van der Waals surface area contributed by atoms with Gasteiger partial charge in [-0.15, -0.1) is 0 Å². The van der Waals surface area contributed by atoms with Gasteiger partial charge >= 0.3 is 12.1 Å². The van der Waals surface area contributed by atoms with Crippen LogP contribution in [-0.2, 0) is 4.74 Å². The molecule has 2 N–H and O–H groups in total. The maximum atomic E-state index is 13.4. The van der Waals surface area contributed by atoms with Gasteiger partial charge < -0.3 is 24.4 Å². The molecule has 4 aliphatic carbocycles. The lowest BCUT2D eigenvalue weighted by atomic mass is 9.52. The fraction of sp³-hybridized carbons (Fsp3) is 0.375. The molecule has 1 heterocycles. The Kier molecular flexibility index (Phi) is 5.67. The largest absolute Gasteiger partial charge is 0.514 e. The van der Waals surface area contributed by atoms with Crippen LogP contribution in [0.15, 0.2) is 54.6 Å². The van der Waals surface area contributed by atoms with Crippen LogP contribution in [0.5, 0.6) is 11.5 Å². The average Bonchev–Trinajstić information content (AvgIpc) is 3.22. The Morgan fingerprint density at radius 1 is 0.950 bits per heavy atom.